The predicted octanol–water partition coefficient (Wildman–Crippen LogP) is 3.93. The number of benzene rings is 2. The summed E-state index contributed by atoms with van der Waals surface area (Å²) in [5.74, 6) is 1.12. The van der Waals surface area contributed by atoms with E-state index in [1.807, 2.05) is 11.8 Å². The standard InChI is InChI=1S/C15H19NS/c1-12(2)16-10-11-17-15-9-5-7-13-6-3-4-8-14(13)15/h3-9,12,16H,10-11H2,1-2H3. The number of hydrogen-bond donors (Lipinski definition) is 1. The molecule has 0 saturated heterocycles. The van der Waals surface area contributed by atoms with E-state index in [1.165, 1.54) is 15.7 Å². The van der Waals surface area contributed by atoms with E-state index in [0.29, 0.717) is 6.04 Å². The van der Waals surface area contributed by atoms with Crippen molar-refractivity contribution in [2.24, 2.45) is 0 Å². The van der Waals surface area contributed by atoms with E-state index in [4.69, 9.17) is 0 Å². The third-order valence-corrected chi connectivity index (χ3v) is 3.74. The Hall–Kier alpha value is -0.990. The van der Waals surface area contributed by atoms with Crippen LogP contribution >= 0.6 is 11.8 Å². The molecule has 0 radical (unpaired) electrons. The molecule has 0 spiro atoms. The molecular formula is C15H19NS. The Balaban J connectivity index is 2.03. The van der Waals surface area contributed by atoms with Gasteiger partial charge >= 0.3 is 0 Å². The van der Waals surface area contributed by atoms with Gasteiger partial charge in [-0.05, 0) is 16.8 Å². The fraction of sp³-hybridized carbons (Fsp3) is 0.333. The van der Waals surface area contributed by atoms with Crippen LogP contribution in [-0.4, -0.2) is 18.3 Å². The molecule has 2 rings (SSSR count). The lowest BCUT2D eigenvalue weighted by Gasteiger charge is -2.09. The van der Waals surface area contributed by atoms with Crippen molar-refractivity contribution in [2.75, 3.05) is 12.3 Å². The first-order chi connectivity index (χ1) is 8.27. The van der Waals surface area contributed by atoms with E-state index in [0.717, 1.165) is 12.3 Å². The van der Waals surface area contributed by atoms with E-state index in [2.05, 4.69) is 61.6 Å². The van der Waals surface area contributed by atoms with Crippen molar-refractivity contribution in [3.05, 3.63) is 42.5 Å². The molecule has 2 aromatic carbocycles. The lowest BCUT2D eigenvalue weighted by molar-refractivity contribution is 0.616. The van der Waals surface area contributed by atoms with Gasteiger partial charge in [0, 0.05) is 23.2 Å². The molecule has 0 aromatic heterocycles. The molecule has 0 aliphatic heterocycles. The first kappa shape index (κ1) is 12.5. The summed E-state index contributed by atoms with van der Waals surface area (Å²) in [7, 11) is 0. The molecule has 0 atom stereocenters. The first-order valence-electron chi connectivity index (χ1n) is 6.11. The molecule has 1 nitrogen and oxygen atoms in total. The highest BCUT2D eigenvalue weighted by Gasteiger charge is 2.00. The minimum atomic E-state index is 0.572. The lowest BCUT2D eigenvalue weighted by Crippen LogP contribution is -2.24. The highest BCUT2D eigenvalue weighted by molar-refractivity contribution is 7.99. The Morgan fingerprint density at radius 2 is 1.82 bits per heavy atom. The molecular weight excluding hydrogens is 226 g/mol. The average molecular weight is 245 g/mol. The predicted molar refractivity (Wildman–Crippen MR) is 77.8 cm³/mol. The Labute approximate surface area is 108 Å². The van der Waals surface area contributed by atoms with Gasteiger partial charge in [0.25, 0.3) is 0 Å². The number of fused-ring (bicyclic) bond motifs is 1. The molecule has 90 valence electrons. The summed E-state index contributed by atoms with van der Waals surface area (Å²) in [6.07, 6.45) is 0. The highest BCUT2D eigenvalue weighted by atomic mass is 32.2. The second-order valence-electron chi connectivity index (χ2n) is 4.43. The van der Waals surface area contributed by atoms with Crippen molar-refractivity contribution in [3.63, 3.8) is 0 Å². The van der Waals surface area contributed by atoms with Gasteiger partial charge in [0.1, 0.15) is 0 Å². The van der Waals surface area contributed by atoms with Crippen molar-refractivity contribution < 1.29 is 0 Å². The van der Waals surface area contributed by atoms with Crippen LogP contribution in [0.15, 0.2) is 47.4 Å². The minimum absolute atomic E-state index is 0.572. The first-order valence-corrected chi connectivity index (χ1v) is 7.10. The summed E-state index contributed by atoms with van der Waals surface area (Å²) in [5, 5.41) is 6.14. The molecule has 2 heteroatoms. The Morgan fingerprint density at radius 1 is 1.06 bits per heavy atom. The fourth-order valence-electron chi connectivity index (χ4n) is 1.83. The van der Waals surface area contributed by atoms with Gasteiger partial charge < -0.3 is 5.32 Å². The van der Waals surface area contributed by atoms with E-state index in [-0.39, 0.29) is 0 Å². The molecule has 0 saturated carbocycles. The van der Waals surface area contributed by atoms with Gasteiger partial charge in [-0.3, -0.25) is 0 Å². The smallest absolute Gasteiger partial charge is 0.0151 e. The second kappa shape index (κ2) is 6.08. The zero-order valence-corrected chi connectivity index (χ0v) is 11.3. The van der Waals surface area contributed by atoms with Gasteiger partial charge in [-0.15, -0.1) is 11.8 Å². The summed E-state index contributed by atoms with van der Waals surface area (Å²) >= 11 is 1.93. The van der Waals surface area contributed by atoms with Crippen LogP contribution in [0.2, 0.25) is 0 Å². The van der Waals surface area contributed by atoms with Crippen molar-refractivity contribution in [3.8, 4) is 0 Å². The maximum absolute atomic E-state index is 3.44. The summed E-state index contributed by atoms with van der Waals surface area (Å²) in [6, 6.07) is 15.7. The quantitative estimate of drug-likeness (QED) is 0.633. The van der Waals surface area contributed by atoms with Gasteiger partial charge in [0.15, 0.2) is 0 Å². The summed E-state index contributed by atoms with van der Waals surface area (Å²) in [4.78, 5) is 1.38. The van der Waals surface area contributed by atoms with Crippen molar-refractivity contribution in [1.82, 2.24) is 5.32 Å². The van der Waals surface area contributed by atoms with Crippen LogP contribution in [0, 0.1) is 0 Å². The Bertz CT molecular complexity index is 474. The Morgan fingerprint density at radius 3 is 2.65 bits per heavy atom. The number of nitrogens with one attached hydrogen (secondary N) is 1. The average Bonchev–Trinajstić information content (AvgIpc) is 2.34. The summed E-state index contributed by atoms with van der Waals surface area (Å²) < 4.78 is 0. The van der Waals surface area contributed by atoms with E-state index < -0.39 is 0 Å². The molecule has 0 fully saturated rings. The molecule has 1 N–H and O–H groups in total. The van der Waals surface area contributed by atoms with Gasteiger partial charge in [0.2, 0.25) is 0 Å². The van der Waals surface area contributed by atoms with Crippen molar-refractivity contribution in [1.29, 1.82) is 0 Å². The van der Waals surface area contributed by atoms with E-state index >= 15 is 0 Å². The van der Waals surface area contributed by atoms with Crippen molar-refractivity contribution in [2.45, 2.75) is 24.8 Å². The zero-order chi connectivity index (χ0) is 12.1. The largest absolute Gasteiger partial charge is 0.314 e. The van der Waals surface area contributed by atoms with Crippen LogP contribution in [0.3, 0.4) is 0 Å². The van der Waals surface area contributed by atoms with Crippen LogP contribution in [0.5, 0.6) is 0 Å². The zero-order valence-electron chi connectivity index (χ0n) is 10.4. The minimum Gasteiger partial charge on any atom is -0.314 e. The Kier molecular flexibility index (Phi) is 4.46. The maximum atomic E-state index is 3.44. The van der Waals surface area contributed by atoms with Crippen LogP contribution in [0.4, 0.5) is 0 Å². The normalized spacial score (nSPS) is 11.2. The lowest BCUT2D eigenvalue weighted by atomic mass is 10.1. The fourth-order valence-corrected chi connectivity index (χ4v) is 2.79. The number of rotatable bonds is 5. The van der Waals surface area contributed by atoms with E-state index in [9.17, 15) is 0 Å². The molecule has 0 aliphatic rings. The van der Waals surface area contributed by atoms with E-state index in [1.54, 1.807) is 0 Å². The molecule has 0 amide bonds. The van der Waals surface area contributed by atoms with Crippen LogP contribution in [-0.2, 0) is 0 Å². The molecule has 0 unspecified atom stereocenters. The monoisotopic (exact) mass is 245 g/mol. The van der Waals surface area contributed by atoms with Crippen LogP contribution in [0.1, 0.15) is 13.8 Å². The number of hydrogen-bond acceptors (Lipinski definition) is 2. The van der Waals surface area contributed by atoms with Gasteiger partial charge in [0.05, 0.1) is 0 Å². The third-order valence-electron chi connectivity index (χ3n) is 2.66. The van der Waals surface area contributed by atoms with Gasteiger partial charge in [-0.1, -0.05) is 50.2 Å². The molecule has 0 heterocycles. The molecule has 17 heavy (non-hydrogen) atoms. The topological polar surface area (TPSA) is 12.0 Å². The van der Waals surface area contributed by atoms with Gasteiger partial charge in [-0.25, -0.2) is 0 Å². The van der Waals surface area contributed by atoms with Crippen LogP contribution in [0.25, 0.3) is 10.8 Å². The SMILES string of the molecule is CC(C)NCCSc1cccc2ccccc12. The number of thioether (sulfide) groups is 1. The molecule has 0 aliphatic carbocycles. The third kappa shape index (κ3) is 3.48. The molecule has 0 bridgehead atoms. The molecule has 2 aromatic rings. The summed E-state index contributed by atoms with van der Waals surface area (Å²) in [5.41, 5.74) is 0. The summed E-state index contributed by atoms with van der Waals surface area (Å²) in [6.45, 7) is 5.43. The van der Waals surface area contributed by atoms with Crippen molar-refractivity contribution >= 4 is 22.5 Å². The highest BCUT2D eigenvalue weighted by Crippen LogP contribution is 2.27. The maximum Gasteiger partial charge on any atom is 0.0151 e. The second-order valence-corrected chi connectivity index (χ2v) is 5.57. The van der Waals surface area contributed by atoms with Crippen LogP contribution < -0.4 is 5.32 Å². The van der Waals surface area contributed by atoms with Gasteiger partial charge in [-0.2, -0.15) is 0 Å².